The fraction of sp³-hybridized carbons (Fsp3) is 0. The van der Waals surface area contributed by atoms with Crippen LogP contribution in [0.2, 0.25) is 0 Å². The van der Waals surface area contributed by atoms with Gasteiger partial charge in [-0.1, -0.05) is 42.5 Å². The van der Waals surface area contributed by atoms with Crippen LogP contribution in [0.3, 0.4) is 0 Å². The van der Waals surface area contributed by atoms with Crippen molar-refractivity contribution in [2.24, 2.45) is 0 Å². The van der Waals surface area contributed by atoms with Gasteiger partial charge in [-0.05, 0) is 6.07 Å². The molecule has 0 amide bonds. The summed E-state index contributed by atoms with van der Waals surface area (Å²) in [5, 5.41) is 24.3. The third-order valence-electron chi connectivity index (χ3n) is 3.79. The maximum absolute atomic E-state index is 11.3. The molecule has 2 heterocycles. The summed E-state index contributed by atoms with van der Waals surface area (Å²) < 4.78 is 0. The molecule has 4 rings (SSSR count). The van der Waals surface area contributed by atoms with Crippen molar-refractivity contribution < 1.29 is 9.90 Å². The van der Waals surface area contributed by atoms with Crippen LogP contribution in [0.15, 0.2) is 54.7 Å². The average molecular weight is 304 g/mol. The SMILES string of the molecule is O=C(O)c1cccc2c(-c3cn[nH]c3-c3ccccc3)n[nH]c12. The van der Waals surface area contributed by atoms with Gasteiger partial charge < -0.3 is 5.11 Å². The first-order valence-electron chi connectivity index (χ1n) is 7.05. The van der Waals surface area contributed by atoms with E-state index in [-0.39, 0.29) is 5.56 Å². The monoisotopic (exact) mass is 304 g/mol. The molecule has 6 nitrogen and oxygen atoms in total. The Morgan fingerprint density at radius 2 is 1.83 bits per heavy atom. The number of aromatic nitrogens is 4. The summed E-state index contributed by atoms with van der Waals surface area (Å²) in [5.74, 6) is -0.985. The Bertz CT molecular complexity index is 1000. The number of carboxylic acids is 1. The molecule has 0 aliphatic heterocycles. The molecular formula is C17H12N4O2. The van der Waals surface area contributed by atoms with Gasteiger partial charge in [-0.2, -0.15) is 10.2 Å². The molecule has 0 unspecified atom stereocenters. The average Bonchev–Trinajstić information content (AvgIpc) is 3.21. The van der Waals surface area contributed by atoms with E-state index in [1.807, 2.05) is 36.4 Å². The van der Waals surface area contributed by atoms with Crippen LogP contribution < -0.4 is 0 Å². The summed E-state index contributed by atoms with van der Waals surface area (Å²) in [6.45, 7) is 0. The topological polar surface area (TPSA) is 94.7 Å². The van der Waals surface area contributed by atoms with Crippen LogP contribution in [0.4, 0.5) is 0 Å². The Balaban J connectivity index is 1.94. The largest absolute Gasteiger partial charge is 0.478 e. The van der Waals surface area contributed by atoms with Crippen molar-refractivity contribution in [3.63, 3.8) is 0 Å². The molecule has 2 aromatic carbocycles. The summed E-state index contributed by atoms with van der Waals surface area (Å²) in [4.78, 5) is 11.3. The van der Waals surface area contributed by atoms with E-state index in [9.17, 15) is 9.90 Å². The first-order valence-corrected chi connectivity index (χ1v) is 7.05. The normalized spacial score (nSPS) is 11.0. The molecule has 0 bridgehead atoms. The lowest BCUT2D eigenvalue weighted by Gasteiger charge is -2.02. The van der Waals surface area contributed by atoms with Gasteiger partial charge in [0.1, 0.15) is 5.69 Å². The number of aromatic amines is 2. The molecule has 6 heteroatoms. The number of carboxylic acid groups (broad SMARTS) is 1. The van der Waals surface area contributed by atoms with Crippen LogP contribution in [0.1, 0.15) is 10.4 Å². The van der Waals surface area contributed by atoms with Gasteiger partial charge >= 0.3 is 5.97 Å². The molecule has 23 heavy (non-hydrogen) atoms. The number of carbonyl (C=O) groups is 1. The lowest BCUT2D eigenvalue weighted by Crippen LogP contribution is -1.96. The predicted molar refractivity (Wildman–Crippen MR) is 86.1 cm³/mol. The summed E-state index contributed by atoms with van der Waals surface area (Å²) in [5.41, 5.74) is 4.05. The standard InChI is InChI=1S/C17H12N4O2/c22-17(23)12-8-4-7-11-15(12)20-21-16(11)13-9-18-19-14(13)10-5-2-1-3-6-10/h1-9H,(H,18,19)(H,20,21)(H,22,23). The van der Waals surface area contributed by atoms with E-state index in [1.54, 1.807) is 18.3 Å². The smallest absolute Gasteiger partial charge is 0.337 e. The van der Waals surface area contributed by atoms with Crippen molar-refractivity contribution in [2.45, 2.75) is 0 Å². The van der Waals surface area contributed by atoms with Crippen LogP contribution in [-0.2, 0) is 0 Å². The van der Waals surface area contributed by atoms with Crippen molar-refractivity contribution in [3.05, 3.63) is 60.3 Å². The Morgan fingerprint density at radius 3 is 2.61 bits per heavy atom. The van der Waals surface area contributed by atoms with Crippen molar-refractivity contribution >= 4 is 16.9 Å². The maximum atomic E-state index is 11.3. The number of para-hydroxylation sites is 1. The van der Waals surface area contributed by atoms with Gasteiger partial charge in [-0.25, -0.2) is 4.79 Å². The van der Waals surface area contributed by atoms with Gasteiger partial charge in [0.15, 0.2) is 0 Å². The molecule has 0 spiro atoms. The van der Waals surface area contributed by atoms with E-state index in [0.29, 0.717) is 11.2 Å². The third kappa shape index (κ3) is 2.08. The minimum atomic E-state index is -0.985. The highest BCUT2D eigenvalue weighted by atomic mass is 16.4. The zero-order valence-corrected chi connectivity index (χ0v) is 11.9. The molecule has 2 aromatic heterocycles. The molecular weight excluding hydrogens is 292 g/mol. The number of hydrogen-bond acceptors (Lipinski definition) is 3. The highest BCUT2D eigenvalue weighted by molar-refractivity contribution is 6.06. The van der Waals surface area contributed by atoms with E-state index in [0.717, 1.165) is 22.2 Å². The molecule has 3 N–H and O–H groups in total. The second-order valence-electron chi connectivity index (χ2n) is 5.13. The molecule has 0 radical (unpaired) electrons. The van der Waals surface area contributed by atoms with Crippen LogP contribution in [0.5, 0.6) is 0 Å². The van der Waals surface area contributed by atoms with E-state index in [1.165, 1.54) is 0 Å². The quantitative estimate of drug-likeness (QED) is 0.541. The minimum absolute atomic E-state index is 0.200. The van der Waals surface area contributed by atoms with Gasteiger partial charge in [0.2, 0.25) is 0 Å². The number of aromatic carboxylic acids is 1. The molecule has 0 aliphatic rings. The fourth-order valence-corrected chi connectivity index (χ4v) is 2.72. The van der Waals surface area contributed by atoms with Crippen molar-refractivity contribution in [1.29, 1.82) is 0 Å². The van der Waals surface area contributed by atoms with E-state index in [4.69, 9.17) is 0 Å². The van der Waals surface area contributed by atoms with E-state index >= 15 is 0 Å². The van der Waals surface area contributed by atoms with Crippen molar-refractivity contribution in [3.8, 4) is 22.5 Å². The van der Waals surface area contributed by atoms with Crippen LogP contribution in [0.25, 0.3) is 33.4 Å². The molecule has 0 fully saturated rings. The molecule has 0 atom stereocenters. The number of fused-ring (bicyclic) bond motifs is 1. The summed E-state index contributed by atoms with van der Waals surface area (Å²) in [6.07, 6.45) is 1.70. The first-order chi connectivity index (χ1) is 11.3. The Kier molecular flexibility index (Phi) is 2.94. The number of nitrogens with one attached hydrogen (secondary N) is 2. The highest BCUT2D eigenvalue weighted by Gasteiger charge is 2.18. The highest BCUT2D eigenvalue weighted by Crippen LogP contribution is 2.33. The number of hydrogen-bond donors (Lipinski definition) is 3. The van der Waals surface area contributed by atoms with Gasteiger partial charge in [0, 0.05) is 16.5 Å². The van der Waals surface area contributed by atoms with Crippen LogP contribution in [-0.4, -0.2) is 31.5 Å². The number of rotatable bonds is 3. The minimum Gasteiger partial charge on any atom is -0.478 e. The summed E-state index contributed by atoms with van der Waals surface area (Å²) in [6, 6.07) is 14.9. The van der Waals surface area contributed by atoms with E-state index < -0.39 is 5.97 Å². The lowest BCUT2D eigenvalue weighted by atomic mass is 10.0. The lowest BCUT2D eigenvalue weighted by molar-refractivity contribution is 0.0699. The predicted octanol–water partition coefficient (Wildman–Crippen LogP) is 3.32. The number of benzene rings is 2. The van der Waals surface area contributed by atoms with Crippen molar-refractivity contribution in [2.75, 3.05) is 0 Å². The molecule has 4 aromatic rings. The van der Waals surface area contributed by atoms with Gasteiger partial charge in [-0.3, -0.25) is 10.2 Å². The molecule has 0 saturated carbocycles. The summed E-state index contributed by atoms with van der Waals surface area (Å²) in [7, 11) is 0. The molecule has 0 aliphatic carbocycles. The first kappa shape index (κ1) is 13.3. The second kappa shape index (κ2) is 5.10. The Labute approximate surface area is 130 Å². The number of nitrogens with zero attached hydrogens (tertiary/aromatic N) is 2. The number of H-pyrrole nitrogens is 2. The zero-order valence-electron chi connectivity index (χ0n) is 11.9. The van der Waals surface area contributed by atoms with Crippen molar-refractivity contribution in [1.82, 2.24) is 20.4 Å². The molecule has 112 valence electrons. The van der Waals surface area contributed by atoms with Gasteiger partial charge in [0.25, 0.3) is 0 Å². The third-order valence-corrected chi connectivity index (χ3v) is 3.79. The summed E-state index contributed by atoms with van der Waals surface area (Å²) >= 11 is 0. The second-order valence-corrected chi connectivity index (χ2v) is 5.13. The Hall–Kier alpha value is -3.41. The van der Waals surface area contributed by atoms with Gasteiger partial charge in [0.05, 0.1) is 23.0 Å². The van der Waals surface area contributed by atoms with Crippen LogP contribution >= 0.6 is 0 Å². The van der Waals surface area contributed by atoms with Crippen LogP contribution in [0, 0.1) is 0 Å². The van der Waals surface area contributed by atoms with Gasteiger partial charge in [-0.15, -0.1) is 0 Å². The molecule has 0 saturated heterocycles. The maximum Gasteiger partial charge on any atom is 0.337 e. The Morgan fingerprint density at radius 1 is 1.00 bits per heavy atom. The zero-order chi connectivity index (χ0) is 15.8. The van der Waals surface area contributed by atoms with E-state index in [2.05, 4.69) is 20.4 Å². The fourth-order valence-electron chi connectivity index (χ4n) is 2.72.